The van der Waals surface area contributed by atoms with Gasteiger partial charge in [-0.15, -0.1) is 23.5 Å². The number of hydrogen-bond acceptors (Lipinski definition) is 6. The molecule has 0 saturated heterocycles. The number of ether oxygens (including phenoxy) is 4. The molecule has 0 aliphatic heterocycles. The van der Waals surface area contributed by atoms with Crippen molar-refractivity contribution in [3.63, 3.8) is 0 Å². The minimum absolute atomic E-state index is 0.329. The third-order valence-corrected chi connectivity index (χ3v) is 5.27. The Bertz CT molecular complexity index is 605. The molecule has 0 aromatic heterocycles. The van der Waals surface area contributed by atoms with E-state index in [-0.39, 0.29) is 0 Å². The van der Waals surface area contributed by atoms with Crippen molar-refractivity contribution in [2.75, 3.05) is 45.7 Å². The van der Waals surface area contributed by atoms with Gasteiger partial charge in [0.15, 0.2) is 0 Å². The summed E-state index contributed by atoms with van der Waals surface area (Å²) in [6, 6.07) is 16.0. The first kappa shape index (κ1) is 20.0. The summed E-state index contributed by atoms with van der Waals surface area (Å²) >= 11 is 3.48. The van der Waals surface area contributed by atoms with Crippen LogP contribution >= 0.6 is 23.5 Å². The van der Waals surface area contributed by atoms with Crippen molar-refractivity contribution < 1.29 is 18.9 Å². The quantitative estimate of drug-likeness (QED) is 0.305. The largest absolute Gasteiger partial charge is 0.497 e. The van der Waals surface area contributed by atoms with Crippen molar-refractivity contribution in [2.45, 2.75) is 9.79 Å². The third kappa shape index (κ3) is 7.61. The fourth-order valence-electron chi connectivity index (χ4n) is 2.02. The molecule has 2 aromatic rings. The Labute approximate surface area is 158 Å². The highest BCUT2D eigenvalue weighted by Gasteiger charge is 2.01. The number of benzene rings is 2. The van der Waals surface area contributed by atoms with E-state index < -0.39 is 0 Å². The molecule has 0 N–H and O–H groups in total. The van der Waals surface area contributed by atoms with E-state index in [4.69, 9.17) is 18.9 Å². The van der Waals surface area contributed by atoms with Crippen LogP contribution in [0, 0.1) is 0 Å². The number of methoxy groups -OCH3 is 2. The molecule has 136 valence electrons. The molecule has 0 bridgehead atoms. The van der Waals surface area contributed by atoms with Crippen molar-refractivity contribution >= 4 is 23.5 Å². The Morgan fingerprint density at radius 1 is 0.760 bits per heavy atom. The molecule has 0 heterocycles. The van der Waals surface area contributed by atoms with Gasteiger partial charge in [-0.05, 0) is 36.4 Å². The molecule has 4 nitrogen and oxygen atoms in total. The molecular weight excluding hydrogens is 356 g/mol. The molecular formula is C19H24O4S2. The molecule has 0 unspecified atom stereocenters. The molecule has 6 heteroatoms. The average molecular weight is 381 g/mol. The zero-order valence-electron chi connectivity index (χ0n) is 14.6. The van der Waals surface area contributed by atoms with E-state index in [0.717, 1.165) is 27.9 Å². The van der Waals surface area contributed by atoms with Gasteiger partial charge in [-0.1, -0.05) is 12.1 Å². The molecule has 2 rings (SSSR count). The molecule has 0 aliphatic carbocycles. The summed E-state index contributed by atoms with van der Waals surface area (Å²) in [6.07, 6.45) is 0. The first-order valence-corrected chi connectivity index (χ1v) is 9.98. The molecule has 0 radical (unpaired) electrons. The van der Waals surface area contributed by atoms with E-state index in [1.807, 2.05) is 30.3 Å². The maximum Gasteiger partial charge on any atom is 0.146 e. The Balaban J connectivity index is 1.48. The maximum absolute atomic E-state index is 5.50. The summed E-state index contributed by atoms with van der Waals surface area (Å²) in [6.45, 7) is 1.64. The van der Waals surface area contributed by atoms with Crippen molar-refractivity contribution in [2.24, 2.45) is 0 Å². The minimum atomic E-state index is 0.329. The fraction of sp³-hybridized carbons (Fsp3) is 0.368. The van der Waals surface area contributed by atoms with Gasteiger partial charge in [0, 0.05) is 21.3 Å². The van der Waals surface area contributed by atoms with Crippen molar-refractivity contribution in [1.29, 1.82) is 0 Å². The van der Waals surface area contributed by atoms with Gasteiger partial charge in [0.25, 0.3) is 0 Å². The normalized spacial score (nSPS) is 10.6. The summed E-state index contributed by atoms with van der Waals surface area (Å²) in [4.78, 5) is 2.34. The molecule has 0 atom stereocenters. The van der Waals surface area contributed by atoms with Gasteiger partial charge >= 0.3 is 0 Å². The summed E-state index contributed by atoms with van der Waals surface area (Å²) in [7, 11) is 3.36. The Hall–Kier alpha value is -1.34. The molecule has 0 amide bonds. The predicted octanol–water partition coefficient (Wildman–Crippen LogP) is 4.58. The molecule has 2 aromatic carbocycles. The zero-order chi connectivity index (χ0) is 17.7. The number of rotatable bonds is 12. The van der Waals surface area contributed by atoms with E-state index in [0.29, 0.717) is 20.0 Å². The molecule has 25 heavy (non-hydrogen) atoms. The van der Waals surface area contributed by atoms with Crippen LogP contribution in [0.2, 0.25) is 0 Å². The van der Waals surface area contributed by atoms with Gasteiger partial charge in [-0.3, -0.25) is 0 Å². The van der Waals surface area contributed by atoms with Gasteiger partial charge in [0.05, 0.1) is 27.4 Å². The van der Waals surface area contributed by atoms with Crippen LogP contribution in [0.1, 0.15) is 0 Å². The van der Waals surface area contributed by atoms with Gasteiger partial charge < -0.3 is 18.9 Å². The zero-order valence-corrected chi connectivity index (χ0v) is 16.2. The van der Waals surface area contributed by atoms with Crippen LogP contribution < -0.4 is 9.47 Å². The SMILES string of the molecule is COc1ccc(SCCOCOCCSc2ccccc2OC)cc1. The lowest BCUT2D eigenvalue weighted by atomic mass is 10.3. The molecule has 0 spiro atoms. The lowest BCUT2D eigenvalue weighted by molar-refractivity contribution is -0.0426. The summed E-state index contributed by atoms with van der Waals surface area (Å²) in [5, 5.41) is 0. The lowest BCUT2D eigenvalue weighted by Crippen LogP contribution is -2.05. The summed E-state index contributed by atoms with van der Waals surface area (Å²) in [5.41, 5.74) is 0. The molecule has 0 saturated carbocycles. The second-order valence-electron chi connectivity index (χ2n) is 4.96. The van der Waals surface area contributed by atoms with Crippen molar-refractivity contribution in [1.82, 2.24) is 0 Å². The van der Waals surface area contributed by atoms with E-state index in [9.17, 15) is 0 Å². The first-order valence-electron chi connectivity index (χ1n) is 8.01. The molecule has 0 fully saturated rings. The minimum Gasteiger partial charge on any atom is -0.497 e. The van der Waals surface area contributed by atoms with Crippen LogP contribution in [0.5, 0.6) is 11.5 Å². The third-order valence-electron chi connectivity index (χ3n) is 3.28. The predicted molar refractivity (Wildman–Crippen MR) is 104 cm³/mol. The topological polar surface area (TPSA) is 36.9 Å². The maximum atomic E-state index is 5.50. The van der Waals surface area contributed by atoms with Gasteiger partial charge in [-0.25, -0.2) is 0 Å². The fourth-order valence-corrected chi connectivity index (χ4v) is 3.67. The first-order chi connectivity index (χ1) is 12.3. The van der Waals surface area contributed by atoms with E-state index in [1.165, 1.54) is 4.90 Å². The lowest BCUT2D eigenvalue weighted by Gasteiger charge is -2.08. The van der Waals surface area contributed by atoms with Crippen LogP contribution in [-0.4, -0.2) is 45.7 Å². The van der Waals surface area contributed by atoms with Gasteiger partial charge in [0.1, 0.15) is 18.3 Å². The van der Waals surface area contributed by atoms with Gasteiger partial charge in [-0.2, -0.15) is 0 Å². The van der Waals surface area contributed by atoms with E-state index >= 15 is 0 Å². The van der Waals surface area contributed by atoms with Crippen LogP contribution in [0.25, 0.3) is 0 Å². The Morgan fingerprint density at radius 3 is 2.12 bits per heavy atom. The Morgan fingerprint density at radius 2 is 1.44 bits per heavy atom. The average Bonchev–Trinajstić information content (AvgIpc) is 2.67. The van der Waals surface area contributed by atoms with Crippen LogP contribution in [0.3, 0.4) is 0 Å². The van der Waals surface area contributed by atoms with Crippen LogP contribution in [0.4, 0.5) is 0 Å². The Kier molecular flexibility index (Phi) is 9.66. The monoisotopic (exact) mass is 380 g/mol. The smallest absolute Gasteiger partial charge is 0.146 e. The second kappa shape index (κ2) is 12.1. The van der Waals surface area contributed by atoms with E-state index in [1.54, 1.807) is 37.7 Å². The van der Waals surface area contributed by atoms with Crippen molar-refractivity contribution in [3.05, 3.63) is 48.5 Å². The summed E-state index contributed by atoms with van der Waals surface area (Å²) < 4.78 is 21.5. The number of hydrogen-bond donors (Lipinski definition) is 0. The van der Waals surface area contributed by atoms with Crippen molar-refractivity contribution in [3.8, 4) is 11.5 Å². The second-order valence-corrected chi connectivity index (χ2v) is 7.26. The number of thioether (sulfide) groups is 2. The van der Waals surface area contributed by atoms with Gasteiger partial charge in [0.2, 0.25) is 0 Å². The highest BCUT2D eigenvalue weighted by molar-refractivity contribution is 7.99. The summed E-state index contributed by atoms with van der Waals surface area (Å²) in [5.74, 6) is 3.54. The van der Waals surface area contributed by atoms with E-state index in [2.05, 4.69) is 18.2 Å². The number of para-hydroxylation sites is 1. The standard InChI is InChI=1S/C19H24O4S2/c1-20-16-7-9-17(10-8-16)24-13-11-22-15-23-12-14-25-19-6-4-3-5-18(19)21-2/h3-10H,11-15H2,1-2H3. The highest BCUT2D eigenvalue weighted by atomic mass is 32.2. The highest BCUT2D eigenvalue weighted by Crippen LogP contribution is 2.28. The van der Waals surface area contributed by atoms with Crippen LogP contribution in [0.15, 0.2) is 58.3 Å². The molecule has 0 aliphatic rings. The van der Waals surface area contributed by atoms with Crippen LogP contribution in [-0.2, 0) is 9.47 Å².